The van der Waals surface area contributed by atoms with Gasteiger partial charge in [-0.25, -0.2) is 8.39 Å². The highest BCUT2D eigenvalue weighted by Gasteiger charge is 2.17. The summed E-state index contributed by atoms with van der Waals surface area (Å²) in [5.41, 5.74) is 2.53. The molecule has 3 aromatic rings. The number of hydrogen-bond donors (Lipinski definition) is 0. The number of unbranched alkanes of at least 4 members (excludes halogenated alkanes) is 6. The van der Waals surface area contributed by atoms with E-state index in [0.717, 1.165) is 12.2 Å². The van der Waals surface area contributed by atoms with Crippen molar-refractivity contribution in [3.8, 4) is 11.5 Å². The van der Waals surface area contributed by atoms with Gasteiger partial charge in [0.05, 0.1) is 0 Å². The van der Waals surface area contributed by atoms with Gasteiger partial charge < -0.3 is 4.74 Å². The lowest BCUT2D eigenvalue weighted by Crippen LogP contribution is -1.93. The molecule has 0 saturated carbocycles. The molecule has 0 bridgehead atoms. The quantitative estimate of drug-likeness (QED) is 0.325. The molecule has 3 rings (SSSR count). The highest BCUT2D eigenvalue weighted by atomic mass is 32.4. The lowest BCUT2D eigenvalue weighted by atomic mass is 10.0. The fraction of sp³-hybridized carbons (Fsp3) is 0.429. The molecule has 3 nitrogen and oxygen atoms in total. The van der Waals surface area contributed by atoms with Crippen molar-refractivity contribution < 1.29 is 13.1 Å². The molecule has 2 aromatic carbocycles. The molecule has 0 N–H and O–H groups in total. The summed E-state index contributed by atoms with van der Waals surface area (Å²) in [6, 6.07) is 13.9. The Morgan fingerprint density at radius 3 is 2.42 bits per heavy atom. The predicted molar refractivity (Wildman–Crippen MR) is 111 cm³/mol. The zero-order valence-electron chi connectivity index (χ0n) is 15.3. The number of ether oxygens (including phenoxy) is 1. The topological polar surface area (TPSA) is 35.5 Å². The third-order valence-corrected chi connectivity index (χ3v) is 5.65. The molecule has 5 heteroatoms. The van der Waals surface area contributed by atoms with E-state index in [1.807, 2.05) is 30.3 Å². The molecule has 0 spiro atoms. The van der Waals surface area contributed by atoms with E-state index in [-0.39, 0.29) is 0 Å². The second-order valence-electron chi connectivity index (χ2n) is 6.57. The van der Waals surface area contributed by atoms with Gasteiger partial charge in [-0.05, 0) is 36.6 Å². The maximum Gasteiger partial charge on any atom is 0.627 e. The van der Waals surface area contributed by atoms with Crippen LogP contribution in [-0.4, -0.2) is 0 Å². The first-order valence-corrected chi connectivity index (χ1v) is 11.7. The molecule has 0 aliphatic carbocycles. The lowest BCUT2D eigenvalue weighted by molar-refractivity contribution is 0.471. The standard InChI is InChI=1S/C21H26O3PS/c1-2-3-4-5-6-7-8-12-17-13-9-10-14-18(17)22-19-15-11-16-20-21(19)24-25(26)23-20/h9-11,13-16H,2-8,12H2,1H3/q+1. The van der Waals surface area contributed by atoms with Crippen molar-refractivity contribution in [2.45, 2.75) is 58.3 Å². The Kier molecular flexibility index (Phi) is 7.28. The summed E-state index contributed by atoms with van der Waals surface area (Å²) in [5.74, 6) is 1.56. The van der Waals surface area contributed by atoms with Crippen LogP contribution in [0.3, 0.4) is 0 Å². The van der Waals surface area contributed by atoms with Gasteiger partial charge in [-0.1, -0.05) is 69.7 Å². The minimum atomic E-state index is -1.31. The molecule has 0 fully saturated rings. The fourth-order valence-electron chi connectivity index (χ4n) is 3.11. The highest BCUT2D eigenvalue weighted by molar-refractivity contribution is 8.10. The van der Waals surface area contributed by atoms with E-state index in [2.05, 4.69) is 19.1 Å². The molecule has 1 unspecified atom stereocenters. The van der Waals surface area contributed by atoms with Gasteiger partial charge in [0.1, 0.15) is 5.75 Å². The van der Waals surface area contributed by atoms with Crippen LogP contribution in [0.15, 0.2) is 50.9 Å². The molecule has 0 aliphatic rings. The van der Waals surface area contributed by atoms with E-state index in [4.69, 9.17) is 24.9 Å². The monoisotopic (exact) mass is 389 g/mol. The van der Waals surface area contributed by atoms with E-state index >= 15 is 0 Å². The van der Waals surface area contributed by atoms with Crippen LogP contribution in [0.5, 0.6) is 11.5 Å². The van der Waals surface area contributed by atoms with Crippen LogP contribution < -0.4 is 4.74 Å². The van der Waals surface area contributed by atoms with Gasteiger partial charge in [0.25, 0.3) is 17.4 Å². The number of benzene rings is 2. The summed E-state index contributed by atoms with van der Waals surface area (Å²) >= 11 is 5.13. The van der Waals surface area contributed by atoms with Gasteiger partial charge in [-0.3, -0.25) is 0 Å². The summed E-state index contributed by atoms with van der Waals surface area (Å²) in [6.07, 6.45) is 10.2. The molecule has 0 aliphatic heterocycles. The van der Waals surface area contributed by atoms with Crippen molar-refractivity contribution in [2.24, 2.45) is 0 Å². The van der Waals surface area contributed by atoms with Crippen molar-refractivity contribution in [1.29, 1.82) is 0 Å². The zero-order chi connectivity index (χ0) is 18.2. The zero-order valence-corrected chi connectivity index (χ0v) is 17.0. The smallest absolute Gasteiger partial charge is 0.453 e. The van der Waals surface area contributed by atoms with Gasteiger partial charge >= 0.3 is 6.79 Å². The second kappa shape index (κ2) is 9.89. The number of aryl methyl sites for hydroxylation is 1. The SMILES string of the molecule is CCCCCCCCCc1ccccc1Oc1cccc2o[p+](=S)oc12. The predicted octanol–water partition coefficient (Wildman–Crippen LogP) is 8.62. The first-order chi connectivity index (χ1) is 12.8. The number of rotatable bonds is 10. The van der Waals surface area contributed by atoms with Gasteiger partial charge in [-0.15, -0.1) is 0 Å². The van der Waals surface area contributed by atoms with Crippen LogP contribution in [0.2, 0.25) is 0 Å². The molecule has 1 aromatic heterocycles. The maximum atomic E-state index is 6.17. The van der Waals surface area contributed by atoms with Gasteiger partial charge in [0.15, 0.2) is 5.75 Å². The van der Waals surface area contributed by atoms with Crippen LogP contribution in [0.4, 0.5) is 0 Å². The highest BCUT2D eigenvalue weighted by Crippen LogP contribution is 2.37. The molecule has 26 heavy (non-hydrogen) atoms. The minimum absolute atomic E-state index is 0.624. The van der Waals surface area contributed by atoms with Crippen LogP contribution in [0.25, 0.3) is 11.2 Å². The first-order valence-electron chi connectivity index (χ1n) is 9.50. The second-order valence-corrected chi connectivity index (χ2v) is 8.28. The Morgan fingerprint density at radius 2 is 1.58 bits per heavy atom. The Bertz CT molecular complexity index is 884. The normalized spacial score (nSPS) is 11.8. The van der Waals surface area contributed by atoms with E-state index in [0.29, 0.717) is 16.9 Å². The minimum Gasteiger partial charge on any atom is -0.453 e. The van der Waals surface area contributed by atoms with Gasteiger partial charge in [0, 0.05) is 0 Å². The summed E-state index contributed by atoms with van der Waals surface area (Å²) < 4.78 is 17.3. The van der Waals surface area contributed by atoms with E-state index in [9.17, 15) is 0 Å². The van der Waals surface area contributed by atoms with Crippen molar-refractivity contribution in [2.75, 3.05) is 0 Å². The first kappa shape index (κ1) is 19.1. The maximum absolute atomic E-state index is 6.17. The molecule has 138 valence electrons. The number of para-hydroxylation sites is 2. The molecular weight excluding hydrogens is 363 g/mol. The summed E-state index contributed by atoms with van der Waals surface area (Å²) in [6.45, 7) is 0.951. The average Bonchev–Trinajstić information content (AvgIpc) is 3.03. The van der Waals surface area contributed by atoms with Gasteiger partial charge in [0.2, 0.25) is 5.58 Å². The summed E-state index contributed by atoms with van der Waals surface area (Å²) in [7, 11) is 0. The Labute approximate surface area is 160 Å². The number of hydrogen-bond acceptors (Lipinski definition) is 4. The Balaban J connectivity index is 1.63. The van der Waals surface area contributed by atoms with E-state index < -0.39 is 6.79 Å². The van der Waals surface area contributed by atoms with Crippen molar-refractivity contribution in [3.63, 3.8) is 0 Å². The van der Waals surface area contributed by atoms with Crippen LogP contribution in [0, 0.1) is 0 Å². The third-order valence-electron chi connectivity index (χ3n) is 4.52. The van der Waals surface area contributed by atoms with Crippen LogP contribution >= 0.6 is 18.6 Å². The number of fused-ring (bicyclic) bond motifs is 1. The van der Waals surface area contributed by atoms with E-state index in [1.165, 1.54) is 50.5 Å². The van der Waals surface area contributed by atoms with Crippen molar-refractivity contribution in [1.82, 2.24) is 0 Å². The van der Waals surface area contributed by atoms with E-state index in [1.54, 1.807) is 0 Å². The third kappa shape index (κ3) is 5.18. The largest absolute Gasteiger partial charge is 0.627 e. The van der Waals surface area contributed by atoms with Crippen LogP contribution in [0.1, 0.15) is 57.4 Å². The Morgan fingerprint density at radius 1 is 0.846 bits per heavy atom. The molecule has 0 amide bonds. The van der Waals surface area contributed by atoms with Crippen molar-refractivity contribution in [3.05, 3.63) is 48.0 Å². The molecule has 0 radical (unpaired) electrons. The summed E-state index contributed by atoms with van der Waals surface area (Å²) in [4.78, 5) is 0. The Hall–Kier alpha value is -1.64. The molecule has 1 atom stereocenters. The summed E-state index contributed by atoms with van der Waals surface area (Å²) in [5, 5.41) is 0. The lowest BCUT2D eigenvalue weighted by Gasteiger charge is -2.10. The van der Waals surface area contributed by atoms with Gasteiger partial charge in [-0.2, -0.15) is 0 Å². The molecule has 0 saturated heterocycles. The average molecular weight is 389 g/mol. The molecular formula is C21H26O3PS+. The fourth-order valence-corrected chi connectivity index (χ4v) is 4.25. The van der Waals surface area contributed by atoms with Crippen LogP contribution in [-0.2, 0) is 6.42 Å². The van der Waals surface area contributed by atoms with Crippen molar-refractivity contribution >= 4 is 29.8 Å². The molecule has 1 heterocycles.